The van der Waals surface area contributed by atoms with Gasteiger partial charge in [0.05, 0.1) is 12.3 Å². The summed E-state index contributed by atoms with van der Waals surface area (Å²) in [6.07, 6.45) is -4.34. The van der Waals surface area contributed by atoms with Crippen molar-refractivity contribution < 1.29 is 56.3 Å². The molecule has 2 aromatic heterocycles. The first-order chi connectivity index (χ1) is 14.5. The first kappa shape index (κ1) is 25.3. The van der Waals surface area contributed by atoms with Crippen molar-refractivity contribution in [1.82, 2.24) is 14.6 Å². The number of aliphatic hydroxyl groups excluding tert-OH is 1. The number of ether oxygens (including phenoxy) is 1. The van der Waals surface area contributed by atoms with E-state index in [1.165, 1.54) is 23.6 Å². The van der Waals surface area contributed by atoms with E-state index in [0.29, 0.717) is 5.52 Å². The number of nitrogen functional groups attached to an aromatic ring is 1. The van der Waals surface area contributed by atoms with Crippen LogP contribution in [0.2, 0.25) is 0 Å². The minimum absolute atomic E-state index is 0.103. The summed E-state index contributed by atoms with van der Waals surface area (Å²) in [5, 5.41) is 14.2. The van der Waals surface area contributed by atoms with Gasteiger partial charge in [-0.05, 0) is 19.1 Å². The second-order valence-corrected chi connectivity index (χ2v) is 12.7. The Hall–Kier alpha value is -1.28. The highest BCUT2D eigenvalue weighted by Gasteiger charge is 2.55. The number of rotatable bonds is 8. The van der Waals surface area contributed by atoms with Crippen molar-refractivity contribution >= 4 is 34.3 Å². The number of alkyl halides is 1. The van der Waals surface area contributed by atoms with Crippen LogP contribution in [0.5, 0.6) is 0 Å². The van der Waals surface area contributed by atoms with Gasteiger partial charge in [0.1, 0.15) is 29.7 Å². The molecule has 0 aliphatic carbocycles. The maximum atomic E-state index is 15.0. The summed E-state index contributed by atoms with van der Waals surface area (Å²) >= 11 is 0. The highest BCUT2D eigenvalue weighted by molar-refractivity contribution is 7.73. The number of phosphoric acid groups is 1. The maximum absolute atomic E-state index is 15.0. The molecule has 0 saturated carbocycles. The lowest BCUT2D eigenvalue weighted by molar-refractivity contribution is -0.0769. The lowest BCUT2D eigenvalue weighted by atomic mass is 9.94. The minimum atomic E-state index is -5.36. The summed E-state index contributed by atoms with van der Waals surface area (Å²) in [4.78, 5) is 40.2. The van der Waals surface area contributed by atoms with Crippen LogP contribution in [0, 0.1) is 0 Å². The molecule has 3 rings (SSSR count). The predicted molar refractivity (Wildman–Crippen MR) is 104 cm³/mol. The highest BCUT2D eigenvalue weighted by Crippen LogP contribution is 2.65. The Morgan fingerprint density at radius 1 is 1.28 bits per heavy atom. The van der Waals surface area contributed by atoms with E-state index in [4.69, 9.17) is 20.3 Å². The van der Waals surface area contributed by atoms with Gasteiger partial charge >= 0.3 is 23.0 Å². The summed E-state index contributed by atoms with van der Waals surface area (Å²) in [5.41, 5.74) is 4.41. The van der Waals surface area contributed by atoms with Crippen molar-refractivity contribution in [3.05, 3.63) is 24.2 Å². The van der Waals surface area contributed by atoms with Crippen LogP contribution in [0.15, 0.2) is 18.5 Å². The Balaban J connectivity index is 1.75. The number of aliphatic hydroxyl groups is 1. The maximum Gasteiger partial charge on any atom is 0.479 e. The van der Waals surface area contributed by atoms with Crippen LogP contribution in [0.3, 0.4) is 0 Å². The van der Waals surface area contributed by atoms with Gasteiger partial charge in [0.15, 0.2) is 17.9 Å². The van der Waals surface area contributed by atoms with Gasteiger partial charge in [0.2, 0.25) is 0 Å². The lowest BCUT2D eigenvalue weighted by Crippen LogP contribution is -2.36. The molecular formula is C13H20FN4O11P3. The number of anilines is 1. The lowest BCUT2D eigenvalue weighted by Gasteiger charge is -2.26. The molecule has 1 saturated heterocycles. The van der Waals surface area contributed by atoms with Gasteiger partial charge in [-0.1, -0.05) is 0 Å². The Morgan fingerprint density at radius 3 is 2.56 bits per heavy atom. The summed E-state index contributed by atoms with van der Waals surface area (Å²) in [5.74, 6) is -1.63. The average Bonchev–Trinajstić information content (AvgIpc) is 3.14. The number of halogens is 1. The fourth-order valence-corrected chi connectivity index (χ4v) is 7.58. The van der Waals surface area contributed by atoms with Gasteiger partial charge in [0, 0.05) is 0 Å². The van der Waals surface area contributed by atoms with E-state index in [2.05, 4.69) is 18.9 Å². The molecule has 0 bridgehead atoms. The van der Waals surface area contributed by atoms with E-state index in [1.54, 1.807) is 0 Å². The summed E-state index contributed by atoms with van der Waals surface area (Å²) < 4.78 is 64.7. The highest BCUT2D eigenvalue weighted by atomic mass is 31.3. The zero-order valence-corrected chi connectivity index (χ0v) is 18.9. The Labute approximate surface area is 179 Å². The number of fused-ring (bicyclic) bond motifs is 1. The topological polar surface area (TPSA) is 236 Å². The second kappa shape index (κ2) is 8.49. The molecule has 15 nitrogen and oxygen atoms in total. The van der Waals surface area contributed by atoms with Gasteiger partial charge in [-0.15, -0.1) is 0 Å². The average molecular weight is 520 g/mol. The molecule has 6 atom stereocenters. The molecule has 2 aromatic rings. The van der Waals surface area contributed by atoms with Crippen LogP contribution in [0.1, 0.15) is 12.6 Å². The molecule has 180 valence electrons. The zero-order chi connectivity index (χ0) is 24.1. The van der Waals surface area contributed by atoms with Crippen molar-refractivity contribution in [2.45, 2.75) is 30.9 Å². The largest absolute Gasteiger partial charge is 0.479 e. The predicted octanol–water partition coefficient (Wildman–Crippen LogP) is 0.0787. The fraction of sp³-hybridized carbons (Fsp3) is 0.538. The second-order valence-electron chi connectivity index (χ2n) is 7.11. The van der Waals surface area contributed by atoms with E-state index in [1.807, 2.05) is 0 Å². The standard InChI is InChI=1S/C13H20FN4O11P3/c1-13(9-3-2-7-12(15)16-5-17-18(7)9)11(14)10(19)8(28-13)4-27-32(25,26)29-31(23,24)6-30(20,21)22/h2-3,5,8,10-11,19H,4,6H2,1H3,(H,23,24)(H,25,26)(H2,15,16,17)(H2,20,21,22)/t8-,10-,11-,13+/m1/s1. The van der Waals surface area contributed by atoms with Crippen LogP contribution >= 0.6 is 23.0 Å². The SMILES string of the molecule is C[C@@]1(c2ccc3c(N)ncnn23)O[C@H](COP(=O)(O)OP(=O)(O)CP(=O)(O)O)[C@@H](O)[C@H]1F. The van der Waals surface area contributed by atoms with Gasteiger partial charge in [0.25, 0.3) is 0 Å². The Bertz CT molecular complexity index is 1160. The van der Waals surface area contributed by atoms with Crippen molar-refractivity contribution in [2.24, 2.45) is 0 Å². The molecule has 2 unspecified atom stereocenters. The molecule has 1 aliphatic heterocycles. The molecule has 0 aromatic carbocycles. The van der Waals surface area contributed by atoms with Crippen LogP contribution in [0.25, 0.3) is 5.52 Å². The zero-order valence-electron chi connectivity index (χ0n) is 16.2. The van der Waals surface area contributed by atoms with Gasteiger partial charge in [-0.25, -0.2) is 22.8 Å². The van der Waals surface area contributed by atoms with Crippen LogP contribution in [0.4, 0.5) is 10.2 Å². The number of phosphoric ester groups is 1. The molecule has 1 fully saturated rings. The van der Waals surface area contributed by atoms with E-state index >= 15 is 4.39 Å². The van der Waals surface area contributed by atoms with Crippen molar-refractivity contribution in [3.63, 3.8) is 0 Å². The van der Waals surface area contributed by atoms with Crippen molar-refractivity contribution in [3.8, 4) is 0 Å². The number of nitrogens with zero attached hydrogens (tertiary/aromatic N) is 3. The fourth-order valence-electron chi connectivity index (χ4n) is 3.24. The molecule has 19 heteroatoms. The monoisotopic (exact) mass is 520 g/mol. The molecule has 0 radical (unpaired) electrons. The Kier molecular flexibility index (Phi) is 6.73. The molecule has 0 amide bonds. The molecule has 1 aliphatic rings. The van der Waals surface area contributed by atoms with Crippen LogP contribution < -0.4 is 5.73 Å². The van der Waals surface area contributed by atoms with Crippen LogP contribution in [-0.4, -0.2) is 70.2 Å². The molecule has 7 N–H and O–H groups in total. The third-order valence-electron chi connectivity index (χ3n) is 4.59. The van der Waals surface area contributed by atoms with Gasteiger partial charge < -0.3 is 35.2 Å². The summed E-state index contributed by atoms with van der Waals surface area (Å²) in [7, 11) is -15.7. The number of nitrogens with two attached hydrogens (primary N) is 1. The van der Waals surface area contributed by atoms with E-state index < -0.39 is 59.5 Å². The van der Waals surface area contributed by atoms with Crippen molar-refractivity contribution in [1.29, 1.82) is 0 Å². The first-order valence-electron chi connectivity index (χ1n) is 8.68. The van der Waals surface area contributed by atoms with E-state index in [0.717, 1.165) is 6.33 Å². The summed E-state index contributed by atoms with van der Waals surface area (Å²) in [6.45, 7) is 0.319. The third kappa shape index (κ3) is 5.27. The summed E-state index contributed by atoms with van der Waals surface area (Å²) in [6, 6.07) is 2.94. The number of hydrogen-bond donors (Lipinski definition) is 6. The van der Waals surface area contributed by atoms with Crippen molar-refractivity contribution in [2.75, 3.05) is 18.2 Å². The first-order valence-corrected chi connectivity index (χ1v) is 13.7. The molecule has 3 heterocycles. The van der Waals surface area contributed by atoms with Crippen LogP contribution in [-0.2, 0) is 32.9 Å². The smallest absolute Gasteiger partial charge is 0.387 e. The molecular weight excluding hydrogens is 500 g/mol. The van der Waals surface area contributed by atoms with Gasteiger partial charge in [-0.3, -0.25) is 13.7 Å². The number of hydrogen-bond acceptors (Lipinski definition) is 10. The molecule has 32 heavy (non-hydrogen) atoms. The van der Waals surface area contributed by atoms with E-state index in [9.17, 15) is 28.6 Å². The minimum Gasteiger partial charge on any atom is -0.387 e. The van der Waals surface area contributed by atoms with E-state index in [-0.39, 0.29) is 11.5 Å². The third-order valence-corrected chi connectivity index (χ3v) is 9.81. The van der Waals surface area contributed by atoms with Gasteiger partial charge in [-0.2, -0.15) is 5.10 Å². The Morgan fingerprint density at radius 2 is 1.94 bits per heavy atom. The normalized spacial score (nSPS) is 30.3. The quantitative estimate of drug-likeness (QED) is 0.253. The molecule has 0 spiro atoms. The number of aromatic nitrogens is 3.